The molecule has 0 aromatic heterocycles. The lowest BCUT2D eigenvalue weighted by Crippen LogP contribution is -2.43. The molecule has 2 rings (SSSR count). The van der Waals surface area contributed by atoms with Crippen molar-refractivity contribution in [1.82, 2.24) is 15.1 Å². The van der Waals surface area contributed by atoms with Crippen molar-refractivity contribution in [1.29, 1.82) is 0 Å². The summed E-state index contributed by atoms with van der Waals surface area (Å²) < 4.78 is 10.8. The Morgan fingerprint density at radius 1 is 1.29 bits per heavy atom. The number of guanidine groups is 1. The fourth-order valence-electron chi connectivity index (χ4n) is 3.57. The van der Waals surface area contributed by atoms with Crippen LogP contribution in [0.2, 0.25) is 0 Å². The Balaban J connectivity index is 1.58. The molecule has 2 fully saturated rings. The number of nitrogens with one attached hydrogen (secondary N) is 1. The molecular formula is C20H39N5O3. The van der Waals surface area contributed by atoms with E-state index in [0.29, 0.717) is 11.9 Å². The Morgan fingerprint density at radius 2 is 2.04 bits per heavy atom. The normalized spacial score (nSPS) is 22.2. The first-order chi connectivity index (χ1) is 13.3. The second-order valence-electron chi connectivity index (χ2n) is 8.72. The Labute approximate surface area is 169 Å². The quantitative estimate of drug-likeness (QED) is 0.386. The predicted octanol–water partition coefficient (Wildman–Crippen LogP) is 1.65. The van der Waals surface area contributed by atoms with Crippen LogP contribution in [0.4, 0.5) is 4.79 Å². The second kappa shape index (κ2) is 11.5. The molecule has 2 saturated heterocycles. The van der Waals surface area contributed by atoms with Crippen molar-refractivity contribution in [3.05, 3.63) is 0 Å². The van der Waals surface area contributed by atoms with Gasteiger partial charge in [-0.25, -0.2) is 4.79 Å². The summed E-state index contributed by atoms with van der Waals surface area (Å²) in [5.41, 5.74) is 5.53. The molecule has 0 aromatic carbocycles. The molecule has 1 unspecified atom stereocenters. The molecular weight excluding hydrogens is 358 g/mol. The van der Waals surface area contributed by atoms with Crippen LogP contribution in [-0.2, 0) is 9.47 Å². The van der Waals surface area contributed by atoms with Gasteiger partial charge in [0.2, 0.25) is 0 Å². The standard InChI is InChI=1S/C20H39N5O3/c1-20(2,3)28-19(26)25-11-4-6-17(16-25)7-9-23-18(21)22-8-5-10-24-12-14-27-15-13-24/h17H,4-16H2,1-3H3,(H3,21,22,23). The number of likely N-dealkylation sites (tertiary alicyclic amines) is 1. The number of amides is 1. The summed E-state index contributed by atoms with van der Waals surface area (Å²) >= 11 is 0. The third-order valence-electron chi connectivity index (χ3n) is 5.05. The highest BCUT2D eigenvalue weighted by molar-refractivity contribution is 5.77. The van der Waals surface area contributed by atoms with Crippen LogP contribution in [0.3, 0.4) is 0 Å². The van der Waals surface area contributed by atoms with E-state index in [2.05, 4.69) is 15.2 Å². The monoisotopic (exact) mass is 397 g/mol. The summed E-state index contributed by atoms with van der Waals surface area (Å²) in [6, 6.07) is 0. The van der Waals surface area contributed by atoms with E-state index in [1.54, 1.807) is 0 Å². The number of nitrogens with zero attached hydrogens (tertiary/aromatic N) is 3. The summed E-state index contributed by atoms with van der Waals surface area (Å²) in [5, 5.41) is 3.21. The highest BCUT2D eigenvalue weighted by Crippen LogP contribution is 2.21. The van der Waals surface area contributed by atoms with Crippen LogP contribution < -0.4 is 11.1 Å². The third kappa shape index (κ3) is 9.10. The number of hydrogen-bond donors (Lipinski definition) is 2. The summed E-state index contributed by atoms with van der Waals surface area (Å²) in [7, 11) is 0. The zero-order chi connectivity index (χ0) is 20.4. The first-order valence-corrected chi connectivity index (χ1v) is 10.7. The molecule has 8 heteroatoms. The molecule has 0 aliphatic carbocycles. The maximum absolute atomic E-state index is 12.2. The van der Waals surface area contributed by atoms with Crippen LogP contribution in [0.1, 0.15) is 46.5 Å². The molecule has 0 saturated carbocycles. The Hall–Kier alpha value is -1.54. The van der Waals surface area contributed by atoms with Gasteiger partial charge in [-0.3, -0.25) is 9.89 Å². The number of hydrogen-bond acceptors (Lipinski definition) is 5. The van der Waals surface area contributed by atoms with Crippen LogP contribution >= 0.6 is 0 Å². The molecule has 8 nitrogen and oxygen atoms in total. The Morgan fingerprint density at radius 3 is 2.75 bits per heavy atom. The number of rotatable bonds is 7. The van der Waals surface area contributed by atoms with Gasteiger partial charge in [0.25, 0.3) is 0 Å². The van der Waals surface area contributed by atoms with E-state index in [0.717, 1.165) is 84.7 Å². The third-order valence-corrected chi connectivity index (χ3v) is 5.05. The van der Waals surface area contributed by atoms with E-state index < -0.39 is 5.60 Å². The number of carbonyl (C=O) groups is 1. The summed E-state index contributed by atoms with van der Waals surface area (Å²) in [4.78, 5) is 20.9. The fourth-order valence-corrected chi connectivity index (χ4v) is 3.57. The van der Waals surface area contributed by atoms with Crippen LogP contribution in [0.15, 0.2) is 4.99 Å². The van der Waals surface area contributed by atoms with Gasteiger partial charge in [0.15, 0.2) is 5.96 Å². The smallest absolute Gasteiger partial charge is 0.410 e. The van der Waals surface area contributed by atoms with E-state index in [1.165, 1.54) is 0 Å². The largest absolute Gasteiger partial charge is 0.444 e. The molecule has 2 aliphatic rings. The zero-order valence-electron chi connectivity index (χ0n) is 17.9. The van der Waals surface area contributed by atoms with Crippen molar-refractivity contribution in [3.8, 4) is 0 Å². The Kier molecular flexibility index (Phi) is 9.31. The molecule has 2 heterocycles. The summed E-state index contributed by atoms with van der Waals surface area (Å²) in [6.45, 7) is 13.5. The van der Waals surface area contributed by atoms with Gasteiger partial charge in [-0.15, -0.1) is 0 Å². The maximum Gasteiger partial charge on any atom is 0.410 e. The number of morpholine rings is 1. The molecule has 0 aromatic rings. The van der Waals surface area contributed by atoms with Gasteiger partial charge < -0.3 is 25.4 Å². The number of carbonyl (C=O) groups excluding carboxylic acids is 1. The summed E-state index contributed by atoms with van der Waals surface area (Å²) in [6.07, 6.45) is 3.94. The minimum atomic E-state index is -0.446. The predicted molar refractivity (Wildman–Crippen MR) is 112 cm³/mol. The SMILES string of the molecule is CC(C)(C)OC(=O)N1CCCC(CCNC(N)=NCCCN2CCOCC2)C1. The topological polar surface area (TPSA) is 92.4 Å². The lowest BCUT2D eigenvalue weighted by Gasteiger charge is -2.34. The van der Waals surface area contributed by atoms with E-state index in [9.17, 15) is 4.79 Å². The van der Waals surface area contributed by atoms with Crippen molar-refractivity contribution in [2.75, 3.05) is 59.0 Å². The van der Waals surface area contributed by atoms with Gasteiger partial charge in [-0.1, -0.05) is 0 Å². The molecule has 0 radical (unpaired) electrons. The number of piperidine rings is 1. The average molecular weight is 398 g/mol. The van der Waals surface area contributed by atoms with E-state index in [-0.39, 0.29) is 6.09 Å². The molecule has 28 heavy (non-hydrogen) atoms. The molecule has 162 valence electrons. The zero-order valence-corrected chi connectivity index (χ0v) is 17.9. The molecule has 1 atom stereocenters. The highest BCUT2D eigenvalue weighted by atomic mass is 16.6. The van der Waals surface area contributed by atoms with Crippen molar-refractivity contribution in [2.45, 2.75) is 52.1 Å². The molecule has 1 amide bonds. The number of aliphatic imine (C=N–C) groups is 1. The number of nitrogens with two attached hydrogens (primary N) is 1. The Bertz CT molecular complexity index is 501. The van der Waals surface area contributed by atoms with Crippen LogP contribution in [-0.4, -0.2) is 86.5 Å². The van der Waals surface area contributed by atoms with Crippen LogP contribution in [0, 0.1) is 5.92 Å². The minimum absolute atomic E-state index is 0.202. The fraction of sp³-hybridized carbons (Fsp3) is 0.900. The van der Waals surface area contributed by atoms with Gasteiger partial charge in [0, 0.05) is 45.8 Å². The van der Waals surface area contributed by atoms with E-state index in [1.807, 2.05) is 25.7 Å². The van der Waals surface area contributed by atoms with Gasteiger partial charge in [0.1, 0.15) is 5.60 Å². The molecule has 2 aliphatic heterocycles. The van der Waals surface area contributed by atoms with Gasteiger partial charge >= 0.3 is 6.09 Å². The van der Waals surface area contributed by atoms with E-state index in [4.69, 9.17) is 15.2 Å². The minimum Gasteiger partial charge on any atom is -0.444 e. The van der Waals surface area contributed by atoms with Gasteiger partial charge in [-0.05, 0) is 52.4 Å². The lowest BCUT2D eigenvalue weighted by atomic mass is 9.95. The summed E-state index contributed by atoms with van der Waals surface area (Å²) in [5.74, 6) is 0.990. The highest BCUT2D eigenvalue weighted by Gasteiger charge is 2.27. The maximum atomic E-state index is 12.2. The van der Waals surface area contributed by atoms with Crippen molar-refractivity contribution in [3.63, 3.8) is 0 Å². The number of ether oxygens (including phenoxy) is 2. The van der Waals surface area contributed by atoms with Gasteiger partial charge in [-0.2, -0.15) is 0 Å². The van der Waals surface area contributed by atoms with Crippen LogP contribution in [0.5, 0.6) is 0 Å². The van der Waals surface area contributed by atoms with Gasteiger partial charge in [0.05, 0.1) is 13.2 Å². The van der Waals surface area contributed by atoms with E-state index >= 15 is 0 Å². The van der Waals surface area contributed by atoms with Crippen molar-refractivity contribution < 1.29 is 14.3 Å². The second-order valence-corrected chi connectivity index (χ2v) is 8.72. The average Bonchev–Trinajstić information content (AvgIpc) is 2.65. The molecule has 3 N–H and O–H groups in total. The van der Waals surface area contributed by atoms with Crippen LogP contribution in [0.25, 0.3) is 0 Å². The van der Waals surface area contributed by atoms with Crippen molar-refractivity contribution >= 4 is 12.1 Å². The first-order valence-electron chi connectivity index (χ1n) is 10.7. The molecule has 0 bridgehead atoms. The van der Waals surface area contributed by atoms with Crippen molar-refractivity contribution in [2.24, 2.45) is 16.6 Å². The lowest BCUT2D eigenvalue weighted by molar-refractivity contribution is 0.0162. The first kappa shape index (κ1) is 22.7. The molecule has 0 spiro atoms.